The largest absolute Gasteiger partial charge is 0.299 e. The third kappa shape index (κ3) is 5.16. The molecule has 20 heavy (non-hydrogen) atoms. The summed E-state index contributed by atoms with van der Waals surface area (Å²) in [5, 5.41) is 0. The van der Waals surface area contributed by atoms with Gasteiger partial charge in [0.05, 0.1) is 0 Å². The minimum atomic E-state index is 0.293. The zero-order valence-electron chi connectivity index (χ0n) is 13.1. The summed E-state index contributed by atoms with van der Waals surface area (Å²) in [6.07, 6.45) is 18.1. The summed E-state index contributed by atoms with van der Waals surface area (Å²) in [4.78, 5) is 10.1. The molecule has 0 spiro atoms. The number of carbonyl (C=O) groups excluding carboxylic acids is 1. The minimum absolute atomic E-state index is 0.293. The predicted molar refractivity (Wildman–Crippen MR) is 87.6 cm³/mol. The van der Waals surface area contributed by atoms with Crippen LogP contribution in [0.15, 0.2) is 59.3 Å². The number of hydrogen-bond donors (Lipinski definition) is 0. The van der Waals surface area contributed by atoms with Gasteiger partial charge in [0, 0.05) is 0 Å². The molecule has 0 fully saturated rings. The fourth-order valence-corrected chi connectivity index (χ4v) is 2.66. The Morgan fingerprint density at radius 1 is 1.15 bits per heavy atom. The van der Waals surface area contributed by atoms with Crippen molar-refractivity contribution in [3.8, 4) is 0 Å². The Bertz CT molecular complexity index is 482. The van der Waals surface area contributed by atoms with E-state index in [4.69, 9.17) is 0 Å². The van der Waals surface area contributed by atoms with E-state index in [2.05, 4.69) is 45.9 Å². The van der Waals surface area contributed by atoms with Gasteiger partial charge in [-0.3, -0.25) is 4.79 Å². The molecule has 0 atom stereocenters. The predicted octanol–water partition coefficient (Wildman–Crippen LogP) is 5.33. The van der Waals surface area contributed by atoms with Crippen LogP contribution in [0.4, 0.5) is 0 Å². The van der Waals surface area contributed by atoms with Gasteiger partial charge in [0.25, 0.3) is 0 Å². The van der Waals surface area contributed by atoms with Gasteiger partial charge in [-0.25, -0.2) is 0 Å². The van der Waals surface area contributed by atoms with Crippen LogP contribution in [0.1, 0.15) is 47.0 Å². The van der Waals surface area contributed by atoms with Gasteiger partial charge in [0.2, 0.25) is 0 Å². The fraction of sp³-hybridized carbons (Fsp3) is 0.421. The maximum Gasteiger partial charge on any atom is 0.142 e. The van der Waals surface area contributed by atoms with Crippen LogP contribution in [-0.2, 0) is 4.79 Å². The summed E-state index contributed by atoms with van der Waals surface area (Å²) in [6, 6.07) is 0. The summed E-state index contributed by atoms with van der Waals surface area (Å²) < 4.78 is 0. The number of rotatable bonds is 5. The van der Waals surface area contributed by atoms with Crippen molar-refractivity contribution in [2.45, 2.75) is 47.0 Å². The number of hydrogen-bond acceptors (Lipinski definition) is 1. The van der Waals surface area contributed by atoms with E-state index in [0.29, 0.717) is 5.41 Å². The summed E-state index contributed by atoms with van der Waals surface area (Å²) in [6.45, 7) is 9.01. The van der Waals surface area contributed by atoms with Crippen LogP contribution in [0, 0.1) is 5.41 Å². The molecule has 0 N–H and O–H groups in total. The Labute approximate surface area is 123 Å². The molecule has 0 saturated carbocycles. The molecule has 0 unspecified atom stereocenters. The van der Waals surface area contributed by atoms with Crippen LogP contribution >= 0.6 is 0 Å². The van der Waals surface area contributed by atoms with E-state index < -0.39 is 0 Å². The highest BCUT2D eigenvalue weighted by Crippen LogP contribution is 2.40. The Hall–Kier alpha value is -1.63. The van der Waals surface area contributed by atoms with Crippen LogP contribution in [0.5, 0.6) is 0 Å². The first-order valence-electron chi connectivity index (χ1n) is 7.31. The van der Waals surface area contributed by atoms with Gasteiger partial charge in [0.1, 0.15) is 6.29 Å². The van der Waals surface area contributed by atoms with Gasteiger partial charge >= 0.3 is 0 Å². The van der Waals surface area contributed by atoms with Crippen molar-refractivity contribution in [1.82, 2.24) is 0 Å². The molecule has 0 radical (unpaired) electrons. The second-order valence-electron chi connectivity index (χ2n) is 6.08. The SMILES string of the molecule is CC1=C(/C=C/C(C)=C/C=C\C=C\C=O)C(C)(C)CCC1. The van der Waals surface area contributed by atoms with E-state index in [1.54, 1.807) is 6.08 Å². The third-order valence-electron chi connectivity index (χ3n) is 3.83. The molecular formula is C19H26O. The van der Waals surface area contributed by atoms with Gasteiger partial charge in [-0.1, -0.05) is 61.4 Å². The van der Waals surface area contributed by atoms with E-state index in [1.165, 1.54) is 42.1 Å². The zero-order chi connectivity index (χ0) is 15.0. The van der Waals surface area contributed by atoms with Gasteiger partial charge in [0.15, 0.2) is 0 Å². The molecule has 1 nitrogen and oxygen atoms in total. The smallest absolute Gasteiger partial charge is 0.142 e. The molecule has 0 aromatic heterocycles. The molecule has 0 bridgehead atoms. The molecule has 0 amide bonds. The van der Waals surface area contributed by atoms with Gasteiger partial charge in [-0.05, 0) is 50.2 Å². The molecule has 0 aliphatic heterocycles. The van der Waals surface area contributed by atoms with Crippen LogP contribution in [0.3, 0.4) is 0 Å². The second kappa shape index (κ2) is 7.84. The van der Waals surface area contributed by atoms with E-state index in [9.17, 15) is 4.79 Å². The topological polar surface area (TPSA) is 17.1 Å². The maximum absolute atomic E-state index is 10.1. The monoisotopic (exact) mass is 270 g/mol. The summed E-state index contributed by atoms with van der Waals surface area (Å²) in [5.74, 6) is 0. The lowest BCUT2D eigenvalue weighted by molar-refractivity contribution is -0.104. The van der Waals surface area contributed by atoms with Crippen molar-refractivity contribution in [1.29, 1.82) is 0 Å². The average Bonchev–Trinajstić information content (AvgIpc) is 2.37. The Balaban J connectivity index is 2.76. The first-order valence-corrected chi connectivity index (χ1v) is 7.31. The zero-order valence-corrected chi connectivity index (χ0v) is 13.1. The fourth-order valence-electron chi connectivity index (χ4n) is 2.66. The molecular weight excluding hydrogens is 244 g/mol. The molecule has 0 heterocycles. The molecule has 0 aromatic carbocycles. The standard InChI is InChI=1S/C19H26O/c1-16(10-7-5-6-8-15-20)12-13-18-17(2)11-9-14-19(18,3)4/h5-8,10,12-13,15H,9,11,14H2,1-4H3/b7-5-,8-6+,13-12+,16-10+. The van der Waals surface area contributed by atoms with Crippen LogP contribution in [0.25, 0.3) is 0 Å². The number of carbonyl (C=O) groups is 1. The van der Waals surface area contributed by atoms with E-state index in [-0.39, 0.29) is 0 Å². The maximum atomic E-state index is 10.1. The quantitative estimate of drug-likeness (QED) is 0.375. The van der Waals surface area contributed by atoms with Crippen LogP contribution < -0.4 is 0 Å². The van der Waals surface area contributed by atoms with Crippen molar-refractivity contribution in [2.24, 2.45) is 5.41 Å². The van der Waals surface area contributed by atoms with Crippen molar-refractivity contribution < 1.29 is 4.79 Å². The van der Waals surface area contributed by atoms with Crippen LogP contribution in [0.2, 0.25) is 0 Å². The van der Waals surface area contributed by atoms with Crippen molar-refractivity contribution >= 4 is 6.29 Å². The molecule has 108 valence electrons. The average molecular weight is 270 g/mol. The van der Waals surface area contributed by atoms with Gasteiger partial charge < -0.3 is 0 Å². The normalized spacial score (nSPS) is 20.5. The summed E-state index contributed by atoms with van der Waals surface area (Å²) >= 11 is 0. The lowest BCUT2D eigenvalue weighted by Gasteiger charge is -2.32. The summed E-state index contributed by atoms with van der Waals surface area (Å²) in [7, 11) is 0. The highest BCUT2D eigenvalue weighted by molar-refractivity contribution is 5.65. The van der Waals surface area contributed by atoms with Crippen molar-refractivity contribution in [2.75, 3.05) is 0 Å². The Kier molecular flexibility index (Phi) is 6.44. The molecule has 1 rings (SSSR count). The Morgan fingerprint density at radius 3 is 2.50 bits per heavy atom. The lowest BCUT2D eigenvalue weighted by Crippen LogP contribution is -2.19. The summed E-state index contributed by atoms with van der Waals surface area (Å²) in [5.41, 5.74) is 4.51. The molecule has 0 saturated heterocycles. The minimum Gasteiger partial charge on any atom is -0.299 e. The highest BCUT2D eigenvalue weighted by atomic mass is 16.1. The van der Waals surface area contributed by atoms with Crippen molar-refractivity contribution in [3.63, 3.8) is 0 Å². The van der Waals surface area contributed by atoms with Gasteiger partial charge in [-0.2, -0.15) is 0 Å². The second-order valence-corrected chi connectivity index (χ2v) is 6.08. The first-order chi connectivity index (χ1) is 9.47. The van der Waals surface area contributed by atoms with E-state index >= 15 is 0 Å². The third-order valence-corrected chi connectivity index (χ3v) is 3.83. The molecule has 1 aliphatic rings. The lowest BCUT2D eigenvalue weighted by atomic mass is 9.72. The van der Waals surface area contributed by atoms with Gasteiger partial charge in [-0.15, -0.1) is 0 Å². The van der Waals surface area contributed by atoms with Crippen molar-refractivity contribution in [3.05, 3.63) is 59.3 Å². The molecule has 1 aliphatic carbocycles. The highest BCUT2D eigenvalue weighted by Gasteiger charge is 2.26. The van der Waals surface area contributed by atoms with E-state index in [0.717, 1.165) is 6.29 Å². The molecule has 1 heteroatoms. The van der Waals surface area contributed by atoms with E-state index in [1.807, 2.05) is 12.2 Å². The number of allylic oxidation sites excluding steroid dienone is 10. The Morgan fingerprint density at radius 2 is 1.85 bits per heavy atom. The molecule has 0 aromatic rings. The number of aldehydes is 1. The first kappa shape index (κ1) is 16.4. The van der Waals surface area contributed by atoms with Crippen LogP contribution in [-0.4, -0.2) is 6.29 Å².